The third-order valence-electron chi connectivity index (χ3n) is 3.48. The minimum Gasteiger partial charge on any atom is -0.320 e. The number of aromatic amines is 1. The van der Waals surface area contributed by atoms with Gasteiger partial charge in [-0.15, -0.1) is 11.3 Å². The van der Waals surface area contributed by atoms with E-state index in [1.54, 1.807) is 6.20 Å². The number of H-pyrrole nitrogens is 1. The fourth-order valence-corrected chi connectivity index (χ4v) is 3.70. The summed E-state index contributed by atoms with van der Waals surface area (Å²) in [5.74, 6) is 0.385. The molecule has 0 atom stereocenters. The molecule has 2 N–H and O–H groups in total. The Hall–Kier alpha value is -1.73. The van der Waals surface area contributed by atoms with Gasteiger partial charge >= 0.3 is 0 Å². The molecule has 4 rings (SSSR count). The van der Waals surface area contributed by atoms with Crippen LogP contribution in [-0.4, -0.2) is 21.1 Å². The van der Waals surface area contributed by atoms with Crippen LogP contribution in [0.3, 0.4) is 0 Å². The summed E-state index contributed by atoms with van der Waals surface area (Å²) in [6.07, 6.45) is 4.08. The van der Waals surface area contributed by atoms with Gasteiger partial charge in [0.25, 0.3) is 5.91 Å². The van der Waals surface area contributed by atoms with Gasteiger partial charge in [-0.1, -0.05) is 0 Å². The Bertz CT molecular complexity index is 836. The molecule has 0 aliphatic heterocycles. The molecule has 1 fully saturated rings. The van der Waals surface area contributed by atoms with Crippen molar-refractivity contribution in [3.8, 4) is 0 Å². The summed E-state index contributed by atoms with van der Waals surface area (Å²) < 4.78 is 0.799. The minimum absolute atomic E-state index is 0.111. The van der Waals surface area contributed by atoms with Gasteiger partial charge in [-0.05, 0) is 47.0 Å². The molecule has 3 heterocycles. The Morgan fingerprint density at radius 3 is 3.10 bits per heavy atom. The number of nitrogens with zero attached hydrogens (tertiary/aromatic N) is 2. The van der Waals surface area contributed by atoms with Crippen LogP contribution in [0.15, 0.2) is 29.0 Å². The van der Waals surface area contributed by atoms with Gasteiger partial charge in [0, 0.05) is 17.5 Å². The molecule has 0 radical (unpaired) electrons. The quantitative estimate of drug-likeness (QED) is 0.741. The summed E-state index contributed by atoms with van der Waals surface area (Å²) in [6, 6.07) is 5.60. The van der Waals surface area contributed by atoms with Crippen LogP contribution in [0.2, 0.25) is 0 Å². The molecule has 106 valence electrons. The predicted octanol–water partition coefficient (Wildman–Crippen LogP) is 3.91. The first-order valence-corrected chi connectivity index (χ1v) is 8.23. The Kier molecular flexibility index (Phi) is 3.04. The fourth-order valence-electron chi connectivity index (χ4n) is 2.28. The molecule has 0 spiro atoms. The van der Waals surface area contributed by atoms with E-state index >= 15 is 0 Å². The van der Waals surface area contributed by atoms with Crippen LogP contribution in [0.4, 0.5) is 5.69 Å². The highest BCUT2D eigenvalue weighted by Crippen LogP contribution is 2.42. The lowest BCUT2D eigenvalue weighted by Gasteiger charge is -2.08. The number of nitrogens with one attached hydrogen (secondary N) is 2. The van der Waals surface area contributed by atoms with Crippen molar-refractivity contribution in [2.45, 2.75) is 18.8 Å². The second kappa shape index (κ2) is 4.92. The second-order valence-electron chi connectivity index (χ2n) is 5.03. The molecule has 1 aliphatic rings. The van der Waals surface area contributed by atoms with Gasteiger partial charge in [0.2, 0.25) is 0 Å². The Morgan fingerprint density at radius 2 is 2.33 bits per heavy atom. The lowest BCUT2D eigenvalue weighted by Crippen LogP contribution is -2.12. The van der Waals surface area contributed by atoms with Gasteiger partial charge in [0.05, 0.1) is 16.3 Å². The molecule has 1 saturated carbocycles. The van der Waals surface area contributed by atoms with E-state index in [0.717, 1.165) is 39.0 Å². The molecule has 3 aromatic rings. The van der Waals surface area contributed by atoms with E-state index in [0.29, 0.717) is 10.8 Å². The molecule has 0 saturated heterocycles. The summed E-state index contributed by atoms with van der Waals surface area (Å²) >= 11 is 4.75. The maximum atomic E-state index is 12.4. The first kappa shape index (κ1) is 13.0. The summed E-state index contributed by atoms with van der Waals surface area (Å²) in [4.78, 5) is 18.3. The van der Waals surface area contributed by atoms with Gasteiger partial charge in [-0.2, -0.15) is 5.10 Å². The van der Waals surface area contributed by atoms with Crippen LogP contribution < -0.4 is 5.32 Å². The zero-order valence-electron chi connectivity index (χ0n) is 10.9. The number of fused-ring (bicyclic) bond motifs is 1. The van der Waals surface area contributed by atoms with Gasteiger partial charge in [0.1, 0.15) is 9.43 Å². The van der Waals surface area contributed by atoms with Crippen molar-refractivity contribution in [3.05, 3.63) is 39.6 Å². The summed E-state index contributed by atoms with van der Waals surface area (Å²) in [6.45, 7) is 0. The number of hydrogen-bond donors (Lipinski definition) is 2. The first-order valence-electron chi connectivity index (χ1n) is 6.62. The molecule has 1 amide bonds. The number of carbonyl (C=O) groups is 1. The predicted molar refractivity (Wildman–Crippen MR) is 85.8 cm³/mol. The number of rotatable bonds is 3. The molecule has 3 aromatic heterocycles. The highest BCUT2D eigenvalue weighted by molar-refractivity contribution is 9.10. The Morgan fingerprint density at radius 1 is 1.48 bits per heavy atom. The van der Waals surface area contributed by atoms with Crippen molar-refractivity contribution in [3.63, 3.8) is 0 Å². The molecule has 1 aliphatic carbocycles. The van der Waals surface area contributed by atoms with E-state index in [2.05, 4.69) is 36.4 Å². The number of thiophene rings is 1. The normalized spacial score (nSPS) is 14.5. The summed E-state index contributed by atoms with van der Waals surface area (Å²) in [5, 5.41) is 10.9. The number of halogens is 1. The van der Waals surface area contributed by atoms with Gasteiger partial charge < -0.3 is 5.32 Å². The maximum Gasteiger partial charge on any atom is 0.265 e. The van der Waals surface area contributed by atoms with E-state index in [-0.39, 0.29) is 5.91 Å². The van der Waals surface area contributed by atoms with Gasteiger partial charge in [0.15, 0.2) is 0 Å². The third-order valence-corrected chi connectivity index (χ3v) is 5.11. The highest BCUT2D eigenvalue weighted by atomic mass is 79.9. The molecule has 0 unspecified atom stereocenters. The molecule has 5 nitrogen and oxygen atoms in total. The molecular weight excluding hydrogens is 352 g/mol. The van der Waals surface area contributed by atoms with Gasteiger partial charge in [-0.25, -0.2) is 0 Å². The zero-order valence-corrected chi connectivity index (χ0v) is 13.3. The monoisotopic (exact) mass is 362 g/mol. The largest absolute Gasteiger partial charge is 0.320 e. The number of amides is 1. The standard InChI is InChI=1S/C14H11BrN4OS/c15-12-8-6-10(21-14(8)19-18-12)13(20)17-9-2-1-5-16-11(9)7-3-4-7/h1-2,5-7H,3-4H2,(H,17,20)(H,18,19). The number of hydrogen-bond acceptors (Lipinski definition) is 4. The lowest BCUT2D eigenvalue weighted by atomic mass is 10.2. The van der Waals surface area contributed by atoms with Crippen LogP contribution in [0.5, 0.6) is 0 Å². The molecule has 0 aromatic carbocycles. The zero-order chi connectivity index (χ0) is 14.4. The van der Waals surface area contributed by atoms with Crippen molar-refractivity contribution in [1.82, 2.24) is 15.2 Å². The molecular formula is C14H11BrN4OS. The van der Waals surface area contributed by atoms with Crippen molar-refractivity contribution in [2.24, 2.45) is 0 Å². The molecule has 0 bridgehead atoms. The number of aromatic nitrogens is 3. The SMILES string of the molecule is O=C(Nc1cccnc1C1CC1)c1cc2c(Br)[nH]nc2s1. The average Bonchev–Trinajstić information content (AvgIpc) is 3.14. The van der Waals surface area contributed by atoms with E-state index < -0.39 is 0 Å². The summed E-state index contributed by atoms with van der Waals surface area (Å²) in [5.41, 5.74) is 1.81. The number of anilines is 1. The van der Waals surface area contributed by atoms with Crippen LogP contribution in [0.25, 0.3) is 10.2 Å². The van der Waals surface area contributed by atoms with Crippen molar-refractivity contribution >= 4 is 49.1 Å². The van der Waals surface area contributed by atoms with Crippen LogP contribution in [0, 0.1) is 0 Å². The smallest absolute Gasteiger partial charge is 0.265 e. The van der Waals surface area contributed by atoms with Crippen LogP contribution in [0.1, 0.15) is 34.1 Å². The van der Waals surface area contributed by atoms with Crippen molar-refractivity contribution in [2.75, 3.05) is 5.32 Å². The average molecular weight is 363 g/mol. The van der Waals surface area contributed by atoms with Crippen LogP contribution in [-0.2, 0) is 0 Å². The second-order valence-corrected chi connectivity index (χ2v) is 6.86. The maximum absolute atomic E-state index is 12.4. The molecule has 21 heavy (non-hydrogen) atoms. The van der Waals surface area contributed by atoms with E-state index in [4.69, 9.17) is 0 Å². The lowest BCUT2D eigenvalue weighted by molar-refractivity contribution is 0.103. The van der Waals surface area contributed by atoms with E-state index in [1.165, 1.54) is 11.3 Å². The summed E-state index contributed by atoms with van der Waals surface area (Å²) in [7, 11) is 0. The van der Waals surface area contributed by atoms with Crippen LogP contribution >= 0.6 is 27.3 Å². The van der Waals surface area contributed by atoms with Gasteiger partial charge in [-0.3, -0.25) is 14.9 Å². The van der Waals surface area contributed by atoms with E-state index in [1.807, 2.05) is 18.2 Å². The highest BCUT2D eigenvalue weighted by Gasteiger charge is 2.28. The molecule has 7 heteroatoms. The first-order chi connectivity index (χ1) is 10.2. The topological polar surface area (TPSA) is 70.7 Å². The number of pyridine rings is 1. The van der Waals surface area contributed by atoms with E-state index in [9.17, 15) is 4.79 Å². The Balaban J connectivity index is 1.63. The minimum atomic E-state index is -0.111. The fraction of sp³-hybridized carbons (Fsp3) is 0.214. The Labute approximate surface area is 132 Å². The number of carbonyl (C=O) groups excluding carboxylic acids is 1. The third kappa shape index (κ3) is 2.36. The van der Waals surface area contributed by atoms with Crippen molar-refractivity contribution < 1.29 is 4.79 Å². The van der Waals surface area contributed by atoms with Crippen molar-refractivity contribution in [1.29, 1.82) is 0 Å².